The average molecular weight is 457 g/mol. The Hall–Kier alpha value is -2.87. The third-order valence-corrected chi connectivity index (χ3v) is 8.03. The van der Waals surface area contributed by atoms with E-state index in [0.717, 1.165) is 11.1 Å². The molecular formula is C24H28N2O5S. The van der Waals surface area contributed by atoms with Crippen LogP contribution in [-0.4, -0.2) is 44.4 Å². The number of hydrogen-bond donors (Lipinski definition) is 0. The quantitative estimate of drug-likeness (QED) is 0.681. The second-order valence-electron chi connectivity index (χ2n) is 8.76. The summed E-state index contributed by atoms with van der Waals surface area (Å²) in [6.07, 6.45) is 0.660. The van der Waals surface area contributed by atoms with Crippen molar-refractivity contribution in [1.82, 2.24) is 0 Å². The molecule has 1 saturated carbocycles. The van der Waals surface area contributed by atoms with Crippen LogP contribution in [-0.2, 0) is 19.4 Å². The first-order chi connectivity index (χ1) is 15.1. The fourth-order valence-electron chi connectivity index (χ4n) is 4.15. The summed E-state index contributed by atoms with van der Waals surface area (Å²) in [5.41, 5.74) is 2.69. The first kappa shape index (κ1) is 22.3. The summed E-state index contributed by atoms with van der Waals surface area (Å²) in [6.45, 7) is 7.27. The molecule has 1 unspecified atom stereocenters. The van der Waals surface area contributed by atoms with Crippen molar-refractivity contribution in [2.24, 2.45) is 0 Å². The molecule has 0 spiro atoms. The first-order valence-electron chi connectivity index (χ1n) is 10.9. The number of ether oxygens (including phenoxy) is 1. The molecule has 1 heterocycles. The number of carbonyl (C=O) groups is 2. The Morgan fingerprint density at radius 3 is 2.34 bits per heavy atom. The monoisotopic (exact) mass is 456 g/mol. The van der Waals surface area contributed by atoms with Gasteiger partial charge in [0.2, 0.25) is 5.91 Å². The Morgan fingerprint density at radius 1 is 1.03 bits per heavy atom. The number of fused-ring (bicyclic) bond motifs is 1. The number of hydrogen-bond acceptors (Lipinski definition) is 5. The third kappa shape index (κ3) is 4.11. The van der Waals surface area contributed by atoms with Crippen LogP contribution in [0.5, 0.6) is 0 Å². The van der Waals surface area contributed by atoms with Gasteiger partial charge in [0, 0.05) is 13.5 Å². The van der Waals surface area contributed by atoms with Crippen molar-refractivity contribution in [1.29, 1.82) is 0 Å². The Kier molecular flexibility index (Phi) is 5.75. The molecule has 170 valence electrons. The maximum absolute atomic E-state index is 12.8. The molecule has 0 saturated heterocycles. The van der Waals surface area contributed by atoms with Gasteiger partial charge in [0.15, 0.2) is 9.84 Å². The van der Waals surface area contributed by atoms with E-state index >= 15 is 0 Å². The second kappa shape index (κ2) is 8.24. The summed E-state index contributed by atoms with van der Waals surface area (Å²) < 4.78 is 30.8. The van der Waals surface area contributed by atoms with E-state index < -0.39 is 15.9 Å². The maximum Gasteiger partial charge on any atom is 0.414 e. The lowest BCUT2D eigenvalue weighted by Gasteiger charge is -2.40. The first-order valence-corrected chi connectivity index (χ1v) is 12.4. The van der Waals surface area contributed by atoms with Gasteiger partial charge in [0.25, 0.3) is 0 Å². The number of sulfone groups is 1. The van der Waals surface area contributed by atoms with Crippen molar-refractivity contribution >= 4 is 33.2 Å². The summed E-state index contributed by atoms with van der Waals surface area (Å²) in [6, 6.07) is 12.2. The van der Waals surface area contributed by atoms with Crippen molar-refractivity contribution in [3.63, 3.8) is 0 Å². The number of nitrogens with zero attached hydrogens (tertiary/aromatic N) is 2. The van der Waals surface area contributed by atoms with Crippen LogP contribution in [0.3, 0.4) is 0 Å². The normalized spacial score (nSPS) is 18.5. The standard InChI is InChI=1S/C24H28N2O5S/c1-15(2)31-24(28)25-14-16(3)26(17(4)27)22-11-8-19(13-23(22)25)18-6-5-7-21(12-18)32(29,30)20-9-10-20/h5-8,11-13,15-16,20H,9-10,14H2,1-4H3. The van der Waals surface area contributed by atoms with Crippen molar-refractivity contribution in [3.8, 4) is 11.1 Å². The number of benzene rings is 2. The van der Waals surface area contributed by atoms with Crippen LogP contribution >= 0.6 is 0 Å². The topological polar surface area (TPSA) is 84.0 Å². The Labute approximate surface area is 188 Å². The molecule has 2 aliphatic rings. The highest BCUT2D eigenvalue weighted by Crippen LogP contribution is 2.40. The summed E-state index contributed by atoms with van der Waals surface area (Å²) in [4.78, 5) is 28.7. The van der Waals surface area contributed by atoms with E-state index in [2.05, 4.69) is 0 Å². The van der Waals surface area contributed by atoms with Crippen LogP contribution in [0.25, 0.3) is 11.1 Å². The van der Waals surface area contributed by atoms with Gasteiger partial charge < -0.3 is 9.64 Å². The highest BCUT2D eigenvalue weighted by Gasteiger charge is 2.37. The summed E-state index contributed by atoms with van der Waals surface area (Å²) in [5, 5.41) is -0.284. The van der Waals surface area contributed by atoms with Gasteiger partial charge in [0.05, 0.1) is 33.7 Å². The summed E-state index contributed by atoms with van der Waals surface area (Å²) >= 11 is 0. The van der Waals surface area contributed by atoms with Gasteiger partial charge in [-0.05, 0) is 69.0 Å². The van der Waals surface area contributed by atoms with Gasteiger partial charge >= 0.3 is 6.09 Å². The van der Waals surface area contributed by atoms with E-state index in [0.29, 0.717) is 35.7 Å². The van der Waals surface area contributed by atoms with Crippen molar-refractivity contribution in [2.45, 2.75) is 62.8 Å². The fourth-order valence-corrected chi connectivity index (χ4v) is 5.85. The van der Waals surface area contributed by atoms with Crippen LogP contribution in [0.15, 0.2) is 47.4 Å². The van der Waals surface area contributed by atoms with E-state index in [4.69, 9.17) is 4.74 Å². The highest BCUT2D eigenvalue weighted by atomic mass is 32.2. The molecule has 1 fully saturated rings. The van der Waals surface area contributed by atoms with E-state index in [9.17, 15) is 18.0 Å². The van der Waals surface area contributed by atoms with Gasteiger partial charge in [-0.25, -0.2) is 13.2 Å². The Morgan fingerprint density at radius 2 is 1.72 bits per heavy atom. The van der Waals surface area contributed by atoms with Gasteiger partial charge in [-0.15, -0.1) is 0 Å². The van der Waals surface area contributed by atoms with Crippen molar-refractivity contribution in [3.05, 3.63) is 42.5 Å². The van der Waals surface area contributed by atoms with E-state index in [-0.39, 0.29) is 23.3 Å². The molecular weight excluding hydrogens is 428 g/mol. The SMILES string of the molecule is CC(=O)N1c2ccc(-c3cccc(S(=O)(=O)C4CC4)c3)cc2N(C(=O)OC(C)C)CC1C. The van der Waals surface area contributed by atoms with Crippen LogP contribution in [0, 0.1) is 0 Å². The van der Waals surface area contributed by atoms with Crippen LogP contribution in [0.2, 0.25) is 0 Å². The molecule has 8 heteroatoms. The minimum absolute atomic E-state index is 0.110. The molecule has 2 amide bonds. The molecule has 2 aromatic rings. The van der Waals surface area contributed by atoms with E-state index in [1.54, 1.807) is 47.9 Å². The zero-order valence-corrected chi connectivity index (χ0v) is 19.6. The summed E-state index contributed by atoms with van der Waals surface area (Å²) in [7, 11) is -3.32. The van der Waals surface area contributed by atoms with Gasteiger partial charge in [-0.3, -0.25) is 9.69 Å². The van der Waals surface area contributed by atoms with Gasteiger partial charge in [0.1, 0.15) is 0 Å². The largest absolute Gasteiger partial charge is 0.446 e. The molecule has 1 atom stereocenters. The summed E-state index contributed by atoms with van der Waals surface area (Å²) in [5.74, 6) is -0.110. The predicted molar refractivity (Wildman–Crippen MR) is 124 cm³/mol. The second-order valence-corrected chi connectivity index (χ2v) is 11.0. The molecule has 4 rings (SSSR count). The van der Waals surface area contributed by atoms with Crippen LogP contribution in [0.4, 0.5) is 16.2 Å². The number of amides is 2. The minimum atomic E-state index is -3.32. The molecule has 0 radical (unpaired) electrons. The van der Waals surface area contributed by atoms with Gasteiger partial charge in [-0.1, -0.05) is 18.2 Å². The molecule has 2 aromatic carbocycles. The lowest BCUT2D eigenvalue weighted by atomic mass is 10.0. The van der Waals surface area contributed by atoms with Crippen molar-refractivity contribution in [2.75, 3.05) is 16.3 Å². The molecule has 7 nitrogen and oxygen atoms in total. The zero-order valence-electron chi connectivity index (χ0n) is 18.7. The smallest absolute Gasteiger partial charge is 0.414 e. The van der Waals surface area contributed by atoms with Crippen LogP contribution < -0.4 is 9.80 Å². The minimum Gasteiger partial charge on any atom is -0.446 e. The maximum atomic E-state index is 12.8. The number of carbonyl (C=O) groups excluding carboxylic acids is 2. The molecule has 0 aromatic heterocycles. The van der Waals surface area contributed by atoms with Crippen LogP contribution in [0.1, 0.15) is 40.5 Å². The molecule has 0 bridgehead atoms. The van der Waals surface area contributed by atoms with Crippen molar-refractivity contribution < 1.29 is 22.7 Å². The molecule has 1 aliphatic carbocycles. The molecule has 32 heavy (non-hydrogen) atoms. The average Bonchev–Trinajstić information content (AvgIpc) is 3.58. The Balaban J connectivity index is 1.79. The zero-order chi connectivity index (χ0) is 23.2. The fraction of sp³-hybridized carbons (Fsp3) is 0.417. The van der Waals surface area contributed by atoms with Gasteiger partial charge in [-0.2, -0.15) is 0 Å². The number of anilines is 2. The lowest BCUT2D eigenvalue weighted by Crippen LogP contribution is -2.51. The highest BCUT2D eigenvalue weighted by molar-refractivity contribution is 7.92. The lowest BCUT2D eigenvalue weighted by molar-refractivity contribution is -0.117. The van der Waals surface area contributed by atoms with E-state index in [1.165, 1.54) is 6.92 Å². The number of rotatable bonds is 4. The molecule has 1 aliphatic heterocycles. The predicted octanol–water partition coefficient (Wildman–Crippen LogP) is 4.40. The Bertz CT molecular complexity index is 1170. The third-order valence-electron chi connectivity index (χ3n) is 5.77. The van der Waals surface area contributed by atoms with E-state index in [1.807, 2.05) is 25.1 Å². The molecule has 0 N–H and O–H groups in total.